The molecule has 0 radical (unpaired) electrons. The van der Waals surface area contributed by atoms with Crippen LogP contribution in [0.4, 0.5) is 30.6 Å². The van der Waals surface area contributed by atoms with Crippen molar-refractivity contribution in [1.82, 2.24) is 15.0 Å². The predicted molar refractivity (Wildman–Crippen MR) is 142 cm³/mol. The Morgan fingerprint density at radius 3 is 2.38 bits per heavy atom. The Labute approximate surface area is 233 Å². The summed E-state index contributed by atoms with van der Waals surface area (Å²) in [4.78, 5) is 15.6. The monoisotopic (exact) mass is 599 g/mol. The van der Waals surface area contributed by atoms with E-state index in [4.69, 9.17) is 23.2 Å². The first-order valence-electron chi connectivity index (χ1n) is 11.6. The SMILES string of the molecule is Cc1nc(N2CCCN(c3nccc(C(F)(F)F)n3)CC2)c(C#N)c(C)c1NS(=O)(=O)c1ccc(Cl)c(Cl)c1. The van der Waals surface area contributed by atoms with Gasteiger partial charge >= 0.3 is 6.18 Å². The molecule has 206 valence electrons. The lowest BCUT2D eigenvalue weighted by atomic mass is 10.1. The average Bonchev–Trinajstić information content (AvgIpc) is 3.14. The van der Waals surface area contributed by atoms with Gasteiger partial charge in [0.2, 0.25) is 5.95 Å². The van der Waals surface area contributed by atoms with E-state index in [0.717, 1.165) is 12.3 Å². The van der Waals surface area contributed by atoms with Gasteiger partial charge in [0.1, 0.15) is 17.6 Å². The van der Waals surface area contributed by atoms with Gasteiger partial charge in [0.15, 0.2) is 0 Å². The summed E-state index contributed by atoms with van der Waals surface area (Å²) in [5, 5.41) is 10.3. The number of sulfonamides is 1. The van der Waals surface area contributed by atoms with Crippen LogP contribution < -0.4 is 14.5 Å². The van der Waals surface area contributed by atoms with E-state index < -0.39 is 21.9 Å². The highest BCUT2D eigenvalue weighted by Crippen LogP contribution is 2.33. The fourth-order valence-electron chi connectivity index (χ4n) is 4.17. The van der Waals surface area contributed by atoms with E-state index >= 15 is 0 Å². The van der Waals surface area contributed by atoms with Crippen LogP contribution in [0.3, 0.4) is 0 Å². The molecule has 0 spiro atoms. The first-order valence-corrected chi connectivity index (χ1v) is 13.8. The molecular weight excluding hydrogens is 578 g/mol. The van der Waals surface area contributed by atoms with Crippen molar-refractivity contribution in [3.63, 3.8) is 0 Å². The van der Waals surface area contributed by atoms with Gasteiger partial charge in [-0.15, -0.1) is 0 Å². The van der Waals surface area contributed by atoms with E-state index in [1.165, 1.54) is 18.2 Å². The van der Waals surface area contributed by atoms with Crippen molar-refractivity contribution in [2.45, 2.75) is 31.3 Å². The van der Waals surface area contributed by atoms with Crippen LogP contribution >= 0.6 is 23.2 Å². The number of nitrogens with one attached hydrogen (secondary N) is 1. The van der Waals surface area contributed by atoms with Crippen molar-refractivity contribution in [1.29, 1.82) is 5.26 Å². The highest BCUT2D eigenvalue weighted by atomic mass is 35.5. The number of hydrogen-bond donors (Lipinski definition) is 1. The summed E-state index contributed by atoms with van der Waals surface area (Å²) in [7, 11) is -4.07. The average molecular weight is 600 g/mol. The van der Waals surface area contributed by atoms with Crippen molar-refractivity contribution in [2.24, 2.45) is 0 Å². The zero-order valence-electron chi connectivity index (χ0n) is 20.7. The Morgan fingerprint density at radius 2 is 1.72 bits per heavy atom. The number of anilines is 3. The van der Waals surface area contributed by atoms with Gasteiger partial charge in [0.05, 0.1) is 31.9 Å². The zero-order valence-corrected chi connectivity index (χ0v) is 23.0. The Balaban J connectivity index is 1.60. The summed E-state index contributed by atoms with van der Waals surface area (Å²) in [6.07, 6.45) is -2.97. The van der Waals surface area contributed by atoms with E-state index in [9.17, 15) is 26.9 Å². The topological polar surface area (TPSA) is 115 Å². The number of pyridine rings is 1. The second-order valence-corrected chi connectivity index (χ2v) is 11.3. The number of rotatable bonds is 5. The molecule has 39 heavy (non-hydrogen) atoms. The van der Waals surface area contributed by atoms with Gasteiger partial charge in [-0.1, -0.05) is 23.2 Å². The van der Waals surface area contributed by atoms with Gasteiger partial charge in [-0.3, -0.25) is 4.72 Å². The molecule has 1 fully saturated rings. The molecule has 15 heteroatoms. The van der Waals surface area contributed by atoms with Crippen LogP contribution in [0, 0.1) is 25.2 Å². The van der Waals surface area contributed by atoms with Gasteiger partial charge in [0.25, 0.3) is 10.0 Å². The third-order valence-electron chi connectivity index (χ3n) is 6.17. The molecule has 1 N–H and O–H groups in total. The summed E-state index contributed by atoms with van der Waals surface area (Å²) in [5.41, 5.74) is 0.0389. The summed E-state index contributed by atoms with van der Waals surface area (Å²) in [6.45, 7) is 4.71. The highest BCUT2D eigenvalue weighted by molar-refractivity contribution is 7.92. The lowest BCUT2D eigenvalue weighted by Crippen LogP contribution is -2.33. The van der Waals surface area contributed by atoms with E-state index in [2.05, 4.69) is 25.7 Å². The zero-order chi connectivity index (χ0) is 28.5. The molecule has 0 saturated carbocycles. The van der Waals surface area contributed by atoms with Crippen molar-refractivity contribution in [3.05, 3.63) is 63.0 Å². The molecule has 4 rings (SSSR count). The minimum absolute atomic E-state index is 0.0282. The first-order chi connectivity index (χ1) is 18.3. The fraction of sp³-hybridized carbons (Fsp3) is 0.333. The maximum atomic E-state index is 13.1. The highest BCUT2D eigenvalue weighted by Gasteiger charge is 2.33. The maximum Gasteiger partial charge on any atom is 0.433 e. The van der Waals surface area contributed by atoms with Crippen LogP contribution in [0.15, 0.2) is 35.4 Å². The molecule has 2 aromatic heterocycles. The van der Waals surface area contributed by atoms with Crippen molar-refractivity contribution >= 4 is 50.7 Å². The molecule has 1 saturated heterocycles. The quantitative estimate of drug-likeness (QED) is 0.425. The molecule has 0 bridgehead atoms. The second kappa shape index (κ2) is 11.0. The molecule has 3 heterocycles. The van der Waals surface area contributed by atoms with Gasteiger partial charge in [0, 0.05) is 32.4 Å². The van der Waals surface area contributed by atoms with Gasteiger partial charge < -0.3 is 9.80 Å². The number of aryl methyl sites for hydroxylation is 1. The number of benzene rings is 1. The molecule has 0 amide bonds. The van der Waals surface area contributed by atoms with E-state index in [1.807, 2.05) is 4.90 Å². The van der Waals surface area contributed by atoms with E-state index in [0.29, 0.717) is 43.1 Å². The van der Waals surface area contributed by atoms with E-state index in [-0.39, 0.29) is 38.7 Å². The molecule has 0 atom stereocenters. The van der Waals surface area contributed by atoms with Crippen LogP contribution in [-0.2, 0) is 16.2 Å². The molecule has 0 aliphatic carbocycles. The number of hydrogen-bond acceptors (Lipinski definition) is 8. The molecule has 3 aromatic rings. The Kier molecular flexibility index (Phi) is 8.11. The summed E-state index contributed by atoms with van der Waals surface area (Å²) < 4.78 is 67.9. The van der Waals surface area contributed by atoms with Crippen LogP contribution in [0.5, 0.6) is 0 Å². The van der Waals surface area contributed by atoms with Gasteiger partial charge in [-0.05, 0) is 50.1 Å². The molecule has 1 aliphatic rings. The van der Waals surface area contributed by atoms with Crippen molar-refractivity contribution < 1.29 is 21.6 Å². The summed E-state index contributed by atoms with van der Waals surface area (Å²) in [6, 6.07) is 6.84. The molecule has 1 aliphatic heterocycles. The third kappa shape index (κ3) is 6.13. The van der Waals surface area contributed by atoms with Gasteiger partial charge in [-0.2, -0.15) is 18.4 Å². The van der Waals surface area contributed by atoms with Gasteiger partial charge in [-0.25, -0.2) is 23.4 Å². The number of nitriles is 1. The van der Waals surface area contributed by atoms with Crippen molar-refractivity contribution in [2.75, 3.05) is 40.7 Å². The first kappa shape index (κ1) is 28.7. The molecule has 0 unspecified atom stereocenters. The Morgan fingerprint density at radius 1 is 1.03 bits per heavy atom. The minimum atomic E-state index is -4.58. The lowest BCUT2D eigenvalue weighted by Gasteiger charge is -2.26. The standard InChI is InChI=1S/C24H22Cl2F3N7O2S/c1-14-17(13-30)22(32-15(2)21(14)34-39(37,38)16-4-5-18(25)19(26)12-16)35-8-3-9-36(11-10-35)23-31-7-6-20(33-23)24(27,28)29/h4-7,12,34H,3,8-11H2,1-2H3. The second-order valence-electron chi connectivity index (χ2n) is 8.76. The normalized spacial score (nSPS) is 14.6. The molecule has 9 nitrogen and oxygen atoms in total. The van der Waals surface area contributed by atoms with Crippen LogP contribution in [-0.4, -0.2) is 49.5 Å². The maximum absolute atomic E-state index is 13.1. The fourth-order valence-corrected chi connectivity index (χ4v) is 5.74. The predicted octanol–water partition coefficient (Wildman–Crippen LogP) is 5.20. The van der Waals surface area contributed by atoms with E-state index in [1.54, 1.807) is 18.7 Å². The molecule has 1 aromatic carbocycles. The smallest absolute Gasteiger partial charge is 0.354 e. The van der Waals surface area contributed by atoms with Crippen molar-refractivity contribution in [3.8, 4) is 6.07 Å². The summed E-state index contributed by atoms with van der Waals surface area (Å²) >= 11 is 11.9. The Hall–Kier alpha value is -3.34. The largest absolute Gasteiger partial charge is 0.433 e. The summed E-state index contributed by atoms with van der Waals surface area (Å²) in [5.74, 6) is 0.330. The minimum Gasteiger partial charge on any atom is -0.354 e. The third-order valence-corrected chi connectivity index (χ3v) is 8.26. The number of alkyl halides is 3. The number of halogens is 5. The Bertz CT molecular complexity index is 1560. The van der Waals surface area contributed by atoms with Crippen LogP contribution in [0.25, 0.3) is 0 Å². The van der Waals surface area contributed by atoms with Crippen LogP contribution in [0.1, 0.15) is 28.9 Å². The molecular formula is C24H22Cl2F3N7O2S. The van der Waals surface area contributed by atoms with Crippen LogP contribution in [0.2, 0.25) is 10.0 Å². The number of nitrogens with zero attached hydrogens (tertiary/aromatic N) is 6. The lowest BCUT2D eigenvalue weighted by molar-refractivity contribution is -0.141. The number of aromatic nitrogens is 3.